The monoisotopic (exact) mass is 469 g/mol. The average molecular weight is 472 g/mol. The topological polar surface area (TPSA) is 30.0 Å². The van der Waals surface area contributed by atoms with E-state index in [1.807, 2.05) is 6.07 Å². The molecular formula is C14H8Br2Cl3NO. The summed E-state index contributed by atoms with van der Waals surface area (Å²) in [6, 6.07) is 7.04. The van der Waals surface area contributed by atoms with Crippen LogP contribution in [0.15, 0.2) is 34.9 Å². The third-order valence-corrected chi connectivity index (χ3v) is 5.58. The Morgan fingerprint density at radius 1 is 1.19 bits per heavy atom. The molecular weight excluding hydrogens is 464 g/mol. The van der Waals surface area contributed by atoms with Crippen molar-refractivity contribution >= 4 is 72.9 Å². The zero-order valence-corrected chi connectivity index (χ0v) is 15.8. The Kier molecular flexibility index (Phi) is 6.09. The Morgan fingerprint density at radius 2 is 1.90 bits per heavy atom. The van der Waals surface area contributed by atoms with E-state index in [9.17, 15) is 4.79 Å². The average Bonchev–Trinajstić information content (AvgIpc) is 2.46. The highest BCUT2D eigenvalue weighted by Crippen LogP contribution is 2.43. The lowest BCUT2D eigenvalue weighted by atomic mass is 9.94. The number of aldehydes is 1. The van der Waals surface area contributed by atoms with Gasteiger partial charge in [-0.1, -0.05) is 62.9 Å². The fourth-order valence-corrected chi connectivity index (χ4v) is 3.83. The standard InChI is InChI=1S/C14H8Br2Cl3NO/c15-7-4-9(14(19)20-5-7)10(6-21)12(16)8-2-1-3-11(17)13(8)18/h1-6,10,12H. The van der Waals surface area contributed by atoms with Gasteiger partial charge in [0, 0.05) is 16.2 Å². The number of carbonyl (C=O) groups is 1. The zero-order valence-electron chi connectivity index (χ0n) is 10.4. The largest absolute Gasteiger partial charge is 0.303 e. The number of benzene rings is 1. The molecule has 2 rings (SSSR count). The van der Waals surface area contributed by atoms with Gasteiger partial charge < -0.3 is 4.79 Å². The summed E-state index contributed by atoms with van der Waals surface area (Å²) in [5, 5.41) is 1.12. The summed E-state index contributed by atoms with van der Waals surface area (Å²) < 4.78 is 0.741. The summed E-state index contributed by atoms with van der Waals surface area (Å²) in [5.74, 6) is -0.543. The number of nitrogens with zero attached hydrogens (tertiary/aromatic N) is 1. The summed E-state index contributed by atoms with van der Waals surface area (Å²) in [5.41, 5.74) is 1.33. The highest BCUT2D eigenvalue weighted by molar-refractivity contribution is 9.10. The number of hydrogen-bond acceptors (Lipinski definition) is 2. The first kappa shape index (κ1) is 17.2. The van der Waals surface area contributed by atoms with E-state index < -0.39 is 5.92 Å². The third-order valence-electron chi connectivity index (χ3n) is 2.93. The highest BCUT2D eigenvalue weighted by Gasteiger charge is 2.27. The van der Waals surface area contributed by atoms with Crippen molar-refractivity contribution < 1.29 is 4.79 Å². The van der Waals surface area contributed by atoms with E-state index in [1.54, 1.807) is 24.4 Å². The van der Waals surface area contributed by atoms with Crippen molar-refractivity contribution in [3.05, 3.63) is 61.3 Å². The Labute approximate surface area is 154 Å². The zero-order chi connectivity index (χ0) is 15.6. The molecule has 0 saturated carbocycles. The molecule has 2 aromatic rings. The first-order valence-electron chi connectivity index (χ1n) is 5.80. The molecule has 0 aliphatic carbocycles. The van der Waals surface area contributed by atoms with Gasteiger partial charge in [0.15, 0.2) is 0 Å². The second-order valence-corrected chi connectivity index (χ2v) is 7.29. The summed E-state index contributed by atoms with van der Waals surface area (Å²) in [6.45, 7) is 0. The molecule has 21 heavy (non-hydrogen) atoms. The molecule has 0 radical (unpaired) electrons. The molecule has 0 N–H and O–H groups in total. The second kappa shape index (κ2) is 7.42. The minimum Gasteiger partial charge on any atom is -0.303 e. The first-order chi connectivity index (χ1) is 9.95. The lowest BCUT2D eigenvalue weighted by Gasteiger charge is -2.20. The van der Waals surface area contributed by atoms with E-state index in [-0.39, 0.29) is 9.98 Å². The van der Waals surface area contributed by atoms with E-state index in [0.29, 0.717) is 15.6 Å². The maximum atomic E-state index is 11.6. The SMILES string of the molecule is O=CC(c1cc(Br)cnc1Cl)C(Br)c1cccc(Cl)c1Cl. The van der Waals surface area contributed by atoms with Gasteiger partial charge >= 0.3 is 0 Å². The Morgan fingerprint density at radius 3 is 2.57 bits per heavy atom. The molecule has 0 aliphatic heterocycles. The number of hydrogen-bond donors (Lipinski definition) is 0. The number of rotatable bonds is 4. The lowest BCUT2D eigenvalue weighted by Crippen LogP contribution is -2.09. The Bertz CT molecular complexity index is 681. The number of carbonyl (C=O) groups excluding carboxylic acids is 1. The van der Waals surface area contributed by atoms with Gasteiger partial charge in [-0.05, 0) is 33.6 Å². The van der Waals surface area contributed by atoms with E-state index in [2.05, 4.69) is 36.8 Å². The van der Waals surface area contributed by atoms with Crippen LogP contribution in [0.5, 0.6) is 0 Å². The Hall–Kier alpha value is -0.130. The summed E-state index contributed by atoms with van der Waals surface area (Å²) in [4.78, 5) is 15.2. The number of aromatic nitrogens is 1. The van der Waals surface area contributed by atoms with Gasteiger partial charge in [-0.2, -0.15) is 0 Å². The van der Waals surface area contributed by atoms with Crippen molar-refractivity contribution in [2.75, 3.05) is 0 Å². The lowest BCUT2D eigenvalue weighted by molar-refractivity contribution is -0.109. The van der Waals surface area contributed by atoms with E-state index in [0.717, 1.165) is 16.3 Å². The molecule has 0 amide bonds. The van der Waals surface area contributed by atoms with Crippen molar-refractivity contribution in [3.63, 3.8) is 0 Å². The molecule has 2 nitrogen and oxygen atoms in total. The van der Waals surface area contributed by atoms with Gasteiger partial charge in [-0.15, -0.1) is 0 Å². The third kappa shape index (κ3) is 3.80. The first-order valence-corrected chi connectivity index (χ1v) is 8.64. The predicted molar refractivity (Wildman–Crippen MR) is 93.9 cm³/mol. The maximum Gasteiger partial charge on any atom is 0.133 e. The quantitative estimate of drug-likeness (QED) is 0.300. The number of pyridine rings is 1. The fourth-order valence-electron chi connectivity index (χ4n) is 1.90. The Balaban J connectivity index is 2.48. The van der Waals surface area contributed by atoms with Gasteiger partial charge in [0.1, 0.15) is 11.4 Å². The van der Waals surface area contributed by atoms with Crippen LogP contribution in [0.3, 0.4) is 0 Å². The summed E-state index contributed by atoms with van der Waals surface area (Å²) in [7, 11) is 0. The highest BCUT2D eigenvalue weighted by atomic mass is 79.9. The van der Waals surface area contributed by atoms with Crippen LogP contribution in [-0.4, -0.2) is 11.3 Å². The van der Waals surface area contributed by atoms with E-state index in [1.165, 1.54) is 0 Å². The van der Waals surface area contributed by atoms with Crippen LogP contribution in [0.1, 0.15) is 21.9 Å². The second-order valence-electron chi connectivity index (χ2n) is 4.24. The van der Waals surface area contributed by atoms with E-state index in [4.69, 9.17) is 34.8 Å². The molecule has 0 fully saturated rings. The van der Waals surface area contributed by atoms with Crippen LogP contribution >= 0.6 is 66.7 Å². The molecule has 2 unspecified atom stereocenters. The van der Waals surface area contributed by atoms with Crippen molar-refractivity contribution in [2.45, 2.75) is 10.7 Å². The normalized spacial score (nSPS) is 13.8. The molecule has 7 heteroatoms. The summed E-state index contributed by atoms with van der Waals surface area (Å²) >= 11 is 25.2. The van der Waals surface area contributed by atoms with Crippen molar-refractivity contribution in [3.8, 4) is 0 Å². The molecule has 0 saturated heterocycles. The fraction of sp³-hybridized carbons (Fsp3) is 0.143. The smallest absolute Gasteiger partial charge is 0.133 e. The number of halogens is 5. The van der Waals surface area contributed by atoms with Crippen LogP contribution in [-0.2, 0) is 4.79 Å². The van der Waals surface area contributed by atoms with Crippen LogP contribution in [0, 0.1) is 0 Å². The van der Waals surface area contributed by atoms with Crippen molar-refractivity contribution in [1.82, 2.24) is 4.98 Å². The van der Waals surface area contributed by atoms with Crippen LogP contribution in [0.25, 0.3) is 0 Å². The molecule has 1 aromatic carbocycles. The van der Waals surface area contributed by atoms with Gasteiger partial charge in [-0.3, -0.25) is 0 Å². The van der Waals surface area contributed by atoms with Crippen LogP contribution in [0.2, 0.25) is 15.2 Å². The van der Waals surface area contributed by atoms with Crippen molar-refractivity contribution in [1.29, 1.82) is 0 Å². The van der Waals surface area contributed by atoms with Gasteiger partial charge in [0.25, 0.3) is 0 Å². The molecule has 1 heterocycles. The maximum absolute atomic E-state index is 11.6. The van der Waals surface area contributed by atoms with Crippen LogP contribution < -0.4 is 0 Å². The van der Waals surface area contributed by atoms with Gasteiger partial charge in [0.05, 0.1) is 20.8 Å². The van der Waals surface area contributed by atoms with Crippen LogP contribution in [0.4, 0.5) is 0 Å². The van der Waals surface area contributed by atoms with Gasteiger partial charge in [-0.25, -0.2) is 4.98 Å². The molecule has 2 atom stereocenters. The van der Waals surface area contributed by atoms with Gasteiger partial charge in [0.2, 0.25) is 0 Å². The molecule has 0 spiro atoms. The molecule has 0 aliphatic rings. The number of alkyl halides is 1. The molecule has 110 valence electrons. The summed E-state index contributed by atoms with van der Waals surface area (Å²) in [6.07, 6.45) is 2.38. The minimum absolute atomic E-state index is 0.276. The van der Waals surface area contributed by atoms with E-state index >= 15 is 0 Å². The molecule has 1 aromatic heterocycles. The minimum atomic E-state index is -0.543. The molecule has 0 bridgehead atoms. The van der Waals surface area contributed by atoms with Crippen molar-refractivity contribution in [2.24, 2.45) is 0 Å². The predicted octanol–water partition coefficient (Wildman–Crippen LogP) is 6.22.